The van der Waals surface area contributed by atoms with Gasteiger partial charge in [0.2, 0.25) is 5.91 Å². The lowest BCUT2D eigenvalue weighted by atomic mass is 10.0. The average molecular weight is 298 g/mol. The molecule has 1 aromatic heterocycles. The van der Waals surface area contributed by atoms with Crippen LogP contribution in [0.5, 0.6) is 0 Å². The summed E-state index contributed by atoms with van der Waals surface area (Å²) in [5, 5.41) is 13.9. The number of carboxylic acid groups (broad SMARTS) is 1. The van der Waals surface area contributed by atoms with Crippen molar-refractivity contribution in [1.82, 2.24) is 10.6 Å². The van der Waals surface area contributed by atoms with Crippen molar-refractivity contribution in [2.45, 2.75) is 18.9 Å². The van der Waals surface area contributed by atoms with Gasteiger partial charge in [0.05, 0.1) is 12.9 Å². The molecule has 0 aromatic carbocycles. The fourth-order valence-electron chi connectivity index (χ4n) is 1.59. The van der Waals surface area contributed by atoms with Crippen molar-refractivity contribution in [2.75, 3.05) is 20.3 Å². The third-order valence-corrected chi connectivity index (χ3v) is 2.70. The van der Waals surface area contributed by atoms with Crippen molar-refractivity contribution >= 4 is 17.8 Å². The highest BCUT2D eigenvalue weighted by atomic mass is 16.5. The van der Waals surface area contributed by atoms with Crippen molar-refractivity contribution in [1.29, 1.82) is 0 Å². The molecule has 8 nitrogen and oxygen atoms in total. The molecule has 0 aliphatic carbocycles. The molecule has 0 fully saturated rings. The highest BCUT2D eigenvalue weighted by Crippen LogP contribution is 2.05. The van der Waals surface area contributed by atoms with E-state index >= 15 is 0 Å². The monoisotopic (exact) mass is 298 g/mol. The zero-order valence-electron chi connectivity index (χ0n) is 11.8. The molecule has 1 unspecified atom stereocenters. The molecule has 1 atom stereocenters. The normalized spacial score (nSPS) is 13.2. The van der Waals surface area contributed by atoms with E-state index in [1.807, 2.05) is 0 Å². The molecule has 1 aromatic rings. The van der Waals surface area contributed by atoms with Gasteiger partial charge in [0, 0.05) is 20.1 Å². The van der Waals surface area contributed by atoms with E-state index in [-0.39, 0.29) is 25.3 Å². The third kappa shape index (κ3) is 4.92. The Hall–Kier alpha value is -2.35. The van der Waals surface area contributed by atoms with Crippen LogP contribution in [-0.2, 0) is 14.3 Å². The molecule has 21 heavy (non-hydrogen) atoms. The summed E-state index contributed by atoms with van der Waals surface area (Å²) in [6.07, 6.45) is 1.31. The van der Waals surface area contributed by atoms with E-state index in [4.69, 9.17) is 14.3 Å². The van der Waals surface area contributed by atoms with E-state index in [2.05, 4.69) is 10.6 Å². The van der Waals surface area contributed by atoms with E-state index < -0.39 is 23.3 Å². The Morgan fingerprint density at radius 2 is 2.14 bits per heavy atom. The Labute approximate surface area is 121 Å². The van der Waals surface area contributed by atoms with Crippen LogP contribution in [0.2, 0.25) is 0 Å². The number of ether oxygens (including phenoxy) is 1. The molecule has 116 valence electrons. The van der Waals surface area contributed by atoms with Crippen molar-refractivity contribution in [3.8, 4) is 0 Å². The van der Waals surface area contributed by atoms with Crippen LogP contribution in [0.25, 0.3) is 0 Å². The lowest BCUT2D eigenvalue weighted by molar-refractivity contribution is -0.149. The molecule has 0 radical (unpaired) electrons. The van der Waals surface area contributed by atoms with Crippen LogP contribution < -0.4 is 10.6 Å². The fourth-order valence-corrected chi connectivity index (χ4v) is 1.59. The minimum atomic E-state index is -1.50. The Balaban J connectivity index is 2.40. The zero-order chi connectivity index (χ0) is 15.9. The number of carboxylic acids is 1. The number of aliphatic carboxylic acids is 1. The minimum absolute atomic E-state index is 0.0565. The second-order valence-corrected chi connectivity index (χ2v) is 4.60. The number of amides is 2. The van der Waals surface area contributed by atoms with Crippen LogP contribution in [0.15, 0.2) is 22.8 Å². The van der Waals surface area contributed by atoms with Gasteiger partial charge in [-0.1, -0.05) is 0 Å². The number of carbonyl (C=O) groups is 3. The van der Waals surface area contributed by atoms with E-state index in [1.165, 1.54) is 26.4 Å². The van der Waals surface area contributed by atoms with Crippen LogP contribution >= 0.6 is 0 Å². The molecule has 8 heteroatoms. The first-order valence-electron chi connectivity index (χ1n) is 6.24. The van der Waals surface area contributed by atoms with Crippen molar-refractivity contribution in [3.63, 3.8) is 0 Å². The summed E-state index contributed by atoms with van der Waals surface area (Å²) in [5.74, 6) is -2.00. The van der Waals surface area contributed by atoms with Gasteiger partial charge in [-0.3, -0.25) is 9.59 Å². The number of carbonyl (C=O) groups excluding carboxylic acids is 2. The van der Waals surface area contributed by atoms with Crippen LogP contribution in [-0.4, -0.2) is 48.7 Å². The number of rotatable bonds is 8. The van der Waals surface area contributed by atoms with Crippen molar-refractivity contribution in [3.05, 3.63) is 24.2 Å². The molecule has 0 aliphatic heterocycles. The maximum atomic E-state index is 11.7. The zero-order valence-corrected chi connectivity index (χ0v) is 11.8. The molecular weight excluding hydrogens is 280 g/mol. The van der Waals surface area contributed by atoms with Crippen LogP contribution in [0, 0.1) is 0 Å². The van der Waals surface area contributed by atoms with Crippen LogP contribution in [0.4, 0.5) is 0 Å². The number of methoxy groups -OCH3 is 1. The van der Waals surface area contributed by atoms with Gasteiger partial charge >= 0.3 is 5.97 Å². The third-order valence-electron chi connectivity index (χ3n) is 2.70. The summed E-state index contributed by atoms with van der Waals surface area (Å²) in [7, 11) is 1.34. The second kappa shape index (κ2) is 7.44. The SMILES string of the molecule is COCC(C)(NC(=O)CCNC(=O)c1ccco1)C(=O)O. The molecule has 0 aliphatic rings. The Morgan fingerprint density at radius 1 is 1.43 bits per heavy atom. The van der Waals surface area contributed by atoms with E-state index in [9.17, 15) is 14.4 Å². The quantitative estimate of drug-likeness (QED) is 0.622. The summed E-state index contributed by atoms with van der Waals surface area (Å²) in [6.45, 7) is 1.25. The summed E-state index contributed by atoms with van der Waals surface area (Å²) in [4.78, 5) is 34.3. The van der Waals surface area contributed by atoms with Gasteiger partial charge in [0.1, 0.15) is 0 Å². The van der Waals surface area contributed by atoms with Gasteiger partial charge in [-0.15, -0.1) is 0 Å². The molecule has 0 saturated carbocycles. The summed E-state index contributed by atoms with van der Waals surface area (Å²) in [6, 6.07) is 3.07. The van der Waals surface area contributed by atoms with Gasteiger partial charge in [0.25, 0.3) is 5.91 Å². The van der Waals surface area contributed by atoms with E-state index in [0.717, 1.165) is 0 Å². The second-order valence-electron chi connectivity index (χ2n) is 4.60. The average Bonchev–Trinajstić information content (AvgIpc) is 2.92. The molecule has 0 bridgehead atoms. The van der Waals surface area contributed by atoms with Gasteiger partial charge in [0.15, 0.2) is 11.3 Å². The van der Waals surface area contributed by atoms with Gasteiger partial charge < -0.3 is 24.9 Å². The highest BCUT2D eigenvalue weighted by Gasteiger charge is 2.34. The predicted octanol–water partition coefficient (Wildman–Crippen LogP) is 0.00540. The van der Waals surface area contributed by atoms with Crippen LogP contribution in [0.1, 0.15) is 23.9 Å². The van der Waals surface area contributed by atoms with Gasteiger partial charge in [-0.05, 0) is 19.1 Å². The topological polar surface area (TPSA) is 118 Å². The number of hydrogen-bond donors (Lipinski definition) is 3. The Morgan fingerprint density at radius 3 is 2.67 bits per heavy atom. The maximum Gasteiger partial charge on any atom is 0.331 e. The first-order valence-corrected chi connectivity index (χ1v) is 6.24. The molecule has 0 saturated heterocycles. The Kier molecular flexibility index (Phi) is 5.92. The number of nitrogens with one attached hydrogen (secondary N) is 2. The molecular formula is C13H18N2O6. The first kappa shape index (κ1) is 16.7. The lowest BCUT2D eigenvalue weighted by Crippen LogP contribution is -2.55. The smallest absolute Gasteiger partial charge is 0.331 e. The lowest BCUT2D eigenvalue weighted by Gasteiger charge is -2.25. The van der Waals surface area contributed by atoms with Gasteiger partial charge in [-0.25, -0.2) is 4.79 Å². The van der Waals surface area contributed by atoms with Crippen molar-refractivity contribution in [2.24, 2.45) is 0 Å². The van der Waals surface area contributed by atoms with Crippen LogP contribution in [0.3, 0.4) is 0 Å². The summed E-state index contributed by atoms with van der Waals surface area (Å²) in [5.41, 5.74) is -1.50. The largest absolute Gasteiger partial charge is 0.479 e. The molecule has 1 rings (SSSR count). The molecule has 2 amide bonds. The predicted molar refractivity (Wildman–Crippen MR) is 71.7 cm³/mol. The molecule has 1 heterocycles. The first-order chi connectivity index (χ1) is 9.89. The number of hydrogen-bond acceptors (Lipinski definition) is 5. The maximum absolute atomic E-state index is 11.7. The number of furan rings is 1. The van der Waals surface area contributed by atoms with Crippen molar-refractivity contribution < 1.29 is 28.6 Å². The highest BCUT2D eigenvalue weighted by molar-refractivity contribution is 5.92. The standard InChI is InChI=1S/C13H18N2O6/c1-13(8-20-2,12(18)19)15-10(16)5-6-14-11(17)9-4-3-7-21-9/h3-4,7H,5-6,8H2,1-2H3,(H,14,17)(H,15,16)(H,18,19). The van der Waals surface area contributed by atoms with E-state index in [0.29, 0.717) is 0 Å². The Bertz CT molecular complexity index is 499. The molecule has 0 spiro atoms. The molecule has 3 N–H and O–H groups in total. The minimum Gasteiger partial charge on any atom is -0.479 e. The van der Waals surface area contributed by atoms with E-state index in [1.54, 1.807) is 6.07 Å². The summed E-state index contributed by atoms with van der Waals surface area (Å²) < 4.78 is 9.67. The summed E-state index contributed by atoms with van der Waals surface area (Å²) >= 11 is 0. The fraction of sp³-hybridized carbons (Fsp3) is 0.462. The van der Waals surface area contributed by atoms with Gasteiger partial charge in [-0.2, -0.15) is 0 Å².